The average Bonchev–Trinajstić information content (AvgIpc) is 3.42. The first-order chi connectivity index (χ1) is 17.5. The molecule has 0 radical (unpaired) electrons. The molecule has 196 valence electrons. The summed E-state index contributed by atoms with van der Waals surface area (Å²) in [6, 6.07) is 14.6. The lowest BCUT2D eigenvalue weighted by molar-refractivity contribution is -0.123. The van der Waals surface area contributed by atoms with Gasteiger partial charge in [-0.2, -0.15) is 0 Å². The number of carbonyl (C=O) groups excluding carboxylic acids is 2. The number of rotatable bonds is 15. The van der Waals surface area contributed by atoms with Crippen molar-refractivity contribution in [3.05, 3.63) is 65.2 Å². The maximum absolute atomic E-state index is 12.8. The molecule has 0 aliphatic carbocycles. The molecule has 0 spiro atoms. The molecule has 7 heteroatoms. The third kappa shape index (κ3) is 8.73. The van der Waals surface area contributed by atoms with Crippen LogP contribution < -0.4 is 10.1 Å². The standard InChI is InChI=1S/C29H40N2O5/c1-35-20-17-22-9-11-24(12-10-22)29(34)26(21-31-18-5-6-19-31)30-28(33)8-4-3-7-27(32)23-13-15-25(36-2)16-14-23/h9-16,26,29,34H,3-8,17-21H2,1-2H3,(H,30,33)/t26-,29-/m1/s1. The second-order valence-electron chi connectivity index (χ2n) is 9.47. The summed E-state index contributed by atoms with van der Waals surface area (Å²) >= 11 is 0. The van der Waals surface area contributed by atoms with Crippen LogP contribution in [0.5, 0.6) is 5.75 Å². The fourth-order valence-electron chi connectivity index (χ4n) is 4.57. The van der Waals surface area contributed by atoms with Gasteiger partial charge in [-0.05, 0) is 80.6 Å². The number of hydrogen-bond acceptors (Lipinski definition) is 6. The van der Waals surface area contributed by atoms with E-state index in [2.05, 4.69) is 10.2 Å². The normalized spacial score (nSPS) is 15.4. The van der Waals surface area contributed by atoms with Crippen LogP contribution in [-0.2, 0) is 16.0 Å². The summed E-state index contributed by atoms with van der Waals surface area (Å²) in [6.45, 7) is 3.25. The molecule has 0 aromatic heterocycles. The Labute approximate surface area is 214 Å². The Kier molecular flexibility index (Phi) is 11.4. The van der Waals surface area contributed by atoms with Gasteiger partial charge in [-0.1, -0.05) is 24.3 Å². The summed E-state index contributed by atoms with van der Waals surface area (Å²) in [6.07, 6.45) is 4.31. The first-order valence-electron chi connectivity index (χ1n) is 12.9. The Balaban J connectivity index is 1.50. The predicted octanol–water partition coefficient (Wildman–Crippen LogP) is 3.94. The third-order valence-corrected chi connectivity index (χ3v) is 6.77. The van der Waals surface area contributed by atoms with Crippen molar-refractivity contribution in [1.29, 1.82) is 0 Å². The summed E-state index contributed by atoms with van der Waals surface area (Å²) in [5, 5.41) is 14.2. The van der Waals surface area contributed by atoms with Crippen molar-refractivity contribution >= 4 is 11.7 Å². The van der Waals surface area contributed by atoms with Crippen LogP contribution in [0.3, 0.4) is 0 Å². The quantitative estimate of drug-likeness (QED) is 0.287. The molecule has 1 heterocycles. The lowest BCUT2D eigenvalue weighted by Crippen LogP contribution is -2.46. The molecule has 0 bridgehead atoms. The zero-order valence-corrected chi connectivity index (χ0v) is 21.6. The fourth-order valence-corrected chi connectivity index (χ4v) is 4.57. The first-order valence-corrected chi connectivity index (χ1v) is 12.9. The van der Waals surface area contributed by atoms with Gasteiger partial charge in [-0.3, -0.25) is 9.59 Å². The second kappa shape index (κ2) is 14.7. The Bertz CT molecular complexity index is 939. The van der Waals surface area contributed by atoms with Crippen molar-refractivity contribution in [2.75, 3.05) is 40.5 Å². The number of aliphatic hydroxyl groups is 1. The maximum Gasteiger partial charge on any atom is 0.220 e. The minimum Gasteiger partial charge on any atom is -0.497 e. The van der Waals surface area contributed by atoms with Gasteiger partial charge < -0.3 is 24.8 Å². The van der Waals surface area contributed by atoms with Gasteiger partial charge in [-0.15, -0.1) is 0 Å². The SMILES string of the molecule is COCCc1ccc([C@@H](O)[C@@H](CN2CCCC2)NC(=O)CCCCC(=O)c2ccc(OC)cc2)cc1. The molecule has 2 N–H and O–H groups in total. The van der Waals surface area contributed by atoms with Crippen molar-refractivity contribution in [2.45, 2.75) is 57.1 Å². The van der Waals surface area contributed by atoms with Crippen LogP contribution in [0.15, 0.2) is 48.5 Å². The van der Waals surface area contributed by atoms with Gasteiger partial charge in [0.15, 0.2) is 5.78 Å². The van der Waals surface area contributed by atoms with E-state index in [1.54, 1.807) is 38.5 Å². The number of benzene rings is 2. The van der Waals surface area contributed by atoms with Gasteiger partial charge in [0.1, 0.15) is 11.9 Å². The Morgan fingerprint density at radius 3 is 2.28 bits per heavy atom. The van der Waals surface area contributed by atoms with Crippen LogP contribution in [0.4, 0.5) is 0 Å². The molecule has 1 amide bonds. The van der Waals surface area contributed by atoms with Crippen molar-refractivity contribution in [3.63, 3.8) is 0 Å². The number of carbonyl (C=O) groups is 2. The molecule has 1 fully saturated rings. The molecule has 2 aromatic rings. The minimum atomic E-state index is -0.789. The second-order valence-corrected chi connectivity index (χ2v) is 9.47. The van der Waals surface area contributed by atoms with E-state index in [1.165, 1.54) is 0 Å². The van der Waals surface area contributed by atoms with E-state index >= 15 is 0 Å². The van der Waals surface area contributed by atoms with E-state index < -0.39 is 6.10 Å². The number of likely N-dealkylation sites (tertiary alicyclic amines) is 1. The molecule has 7 nitrogen and oxygen atoms in total. The van der Waals surface area contributed by atoms with E-state index in [9.17, 15) is 14.7 Å². The third-order valence-electron chi connectivity index (χ3n) is 6.77. The molecule has 36 heavy (non-hydrogen) atoms. The monoisotopic (exact) mass is 496 g/mol. The summed E-state index contributed by atoms with van der Waals surface area (Å²) in [4.78, 5) is 27.5. The molecule has 0 unspecified atom stereocenters. The number of hydrogen-bond donors (Lipinski definition) is 2. The number of Topliss-reactive ketones (excluding diaryl/α,β-unsaturated/α-hetero) is 1. The zero-order chi connectivity index (χ0) is 25.8. The number of unbranched alkanes of at least 4 members (excludes halogenated alkanes) is 1. The average molecular weight is 497 g/mol. The van der Waals surface area contributed by atoms with Gasteiger partial charge in [0, 0.05) is 32.1 Å². The van der Waals surface area contributed by atoms with Crippen LogP contribution in [0, 0.1) is 0 Å². The first kappa shape index (κ1) is 27.8. The topological polar surface area (TPSA) is 88.1 Å². The molecule has 3 rings (SSSR count). The smallest absolute Gasteiger partial charge is 0.220 e. The molecule has 0 saturated carbocycles. The van der Waals surface area contributed by atoms with E-state index in [1.807, 2.05) is 24.3 Å². The van der Waals surface area contributed by atoms with Crippen molar-refractivity contribution in [1.82, 2.24) is 10.2 Å². The molecule has 1 saturated heterocycles. The number of aliphatic hydroxyl groups excluding tert-OH is 1. The molecule has 2 aromatic carbocycles. The lowest BCUT2D eigenvalue weighted by Gasteiger charge is -2.29. The number of ether oxygens (including phenoxy) is 2. The van der Waals surface area contributed by atoms with E-state index in [4.69, 9.17) is 9.47 Å². The largest absolute Gasteiger partial charge is 0.497 e. The van der Waals surface area contributed by atoms with Crippen LogP contribution in [0.25, 0.3) is 0 Å². The Hall–Kier alpha value is -2.74. The number of amides is 1. The summed E-state index contributed by atoms with van der Waals surface area (Å²) in [5.41, 5.74) is 2.60. The predicted molar refractivity (Wildman–Crippen MR) is 140 cm³/mol. The van der Waals surface area contributed by atoms with E-state index in [0.717, 1.165) is 49.2 Å². The van der Waals surface area contributed by atoms with Gasteiger partial charge in [0.25, 0.3) is 0 Å². The lowest BCUT2D eigenvalue weighted by atomic mass is 9.99. The van der Waals surface area contributed by atoms with Gasteiger partial charge >= 0.3 is 0 Å². The van der Waals surface area contributed by atoms with Crippen LogP contribution in [-0.4, -0.2) is 68.2 Å². The van der Waals surface area contributed by atoms with Crippen LogP contribution in [0.1, 0.15) is 66.1 Å². The van der Waals surface area contributed by atoms with Crippen molar-refractivity contribution in [3.8, 4) is 5.75 Å². The highest BCUT2D eigenvalue weighted by atomic mass is 16.5. The number of nitrogens with one attached hydrogen (secondary N) is 1. The van der Waals surface area contributed by atoms with Gasteiger partial charge in [-0.25, -0.2) is 0 Å². The molecule has 2 atom stereocenters. The summed E-state index contributed by atoms with van der Waals surface area (Å²) in [5.74, 6) is 0.692. The molecule has 1 aliphatic heterocycles. The summed E-state index contributed by atoms with van der Waals surface area (Å²) < 4.78 is 10.3. The van der Waals surface area contributed by atoms with Crippen LogP contribution in [0.2, 0.25) is 0 Å². The van der Waals surface area contributed by atoms with E-state index in [-0.39, 0.29) is 17.7 Å². The molecule has 1 aliphatic rings. The zero-order valence-electron chi connectivity index (χ0n) is 21.6. The Morgan fingerprint density at radius 2 is 1.64 bits per heavy atom. The highest BCUT2D eigenvalue weighted by molar-refractivity contribution is 5.96. The number of nitrogens with zero attached hydrogens (tertiary/aromatic N) is 1. The minimum absolute atomic E-state index is 0.0642. The van der Waals surface area contributed by atoms with E-state index in [0.29, 0.717) is 44.4 Å². The highest BCUT2D eigenvalue weighted by Crippen LogP contribution is 2.21. The van der Waals surface area contributed by atoms with Gasteiger partial charge in [0.2, 0.25) is 5.91 Å². The maximum atomic E-state index is 12.8. The van der Waals surface area contributed by atoms with Gasteiger partial charge in [0.05, 0.1) is 19.8 Å². The number of methoxy groups -OCH3 is 2. The fraction of sp³-hybridized carbons (Fsp3) is 0.517. The van der Waals surface area contributed by atoms with Crippen molar-refractivity contribution < 1.29 is 24.2 Å². The Morgan fingerprint density at radius 1 is 0.972 bits per heavy atom. The molecular weight excluding hydrogens is 456 g/mol. The van der Waals surface area contributed by atoms with Crippen LogP contribution >= 0.6 is 0 Å². The highest BCUT2D eigenvalue weighted by Gasteiger charge is 2.26. The number of ketones is 1. The molecular formula is C29H40N2O5. The summed E-state index contributed by atoms with van der Waals surface area (Å²) in [7, 11) is 3.28. The van der Waals surface area contributed by atoms with Crippen molar-refractivity contribution in [2.24, 2.45) is 0 Å².